The van der Waals surface area contributed by atoms with Crippen LogP contribution in [0.4, 0.5) is 5.82 Å². The third-order valence-corrected chi connectivity index (χ3v) is 6.82. The number of likely N-dealkylation sites (N-methyl/N-ethyl adjacent to an activating group) is 1. The molecule has 4 heterocycles. The Hall–Kier alpha value is -3.01. The number of anilines is 1. The van der Waals surface area contributed by atoms with Crippen LogP contribution in [0.2, 0.25) is 0 Å². The van der Waals surface area contributed by atoms with Crippen molar-refractivity contribution in [2.24, 2.45) is 5.84 Å². The molecule has 0 unspecified atom stereocenters. The van der Waals surface area contributed by atoms with Crippen molar-refractivity contribution in [2.75, 3.05) is 38.1 Å². The van der Waals surface area contributed by atoms with E-state index >= 15 is 0 Å². The zero-order valence-corrected chi connectivity index (χ0v) is 17.4. The number of nitrogens with zero attached hydrogens (tertiary/aromatic N) is 4. The lowest BCUT2D eigenvalue weighted by molar-refractivity contribution is 0.0954. The van der Waals surface area contributed by atoms with Crippen LogP contribution in [0.3, 0.4) is 0 Å². The van der Waals surface area contributed by atoms with Crippen molar-refractivity contribution < 1.29 is 4.79 Å². The molecule has 0 atom stereocenters. The molecule has 1 saturated heterocycles. The molecule has 1 fully saturated rings. The van der Waals surface area contributed by atoms with E-state index in [0.717, 1.165) is 48.6 Å². The fourth-order valence-corrected chi connectivity index (χ4v) is 5.28. The lowest BCUT2D eigenvalue weighted by Crippen LogP contribution is -2.34. The highest BCUT2D eigenvalue weighted by atomic mass is 32.1. The Balaban J connectivity index is 1.82. The number of hydrazine groups is 1. The first-order valence-corrected chi connectivity index (χ1v) is 10.7. The molecule has 8 nitrogen and oxygen atoms in total. The van der Waals surface area contributed by atoms with Gasteiger partial charge in [-0.3, -0.25) is 19.4 Å². The highest BCUT2D eigenvalue weighted by Crippen LogP contribution is 2.31. The summed E-state index contributed by atoms with van der Waals surface area (Å²) in [6.45, 7) is 3.82. The number of thiazole rings is 1. The molecule has 1 aromatic carbocycles. The fraction of sp³-hybridized carbons (Fsp3) is 0.286. The number of rotatable bonds is 2. The van der Waals surface area contributed by atoms with Crippen LogP contribution < -0.4 is 21.6 Å². The van der Waals surface area contributed by atoms with Gasteiger partial charge in [0.15, 0.2) is 5.65 Å². The Morgan fingerprint density at radius 2 is 1.97 bits per heavy atom. The van der Waals surface area contributed by atoms with Crippen molar-refractivity contribution in [3.05, 3.63) is 52.2 Å². The van der Waals surface area contributed by atoms with E-state index in [1.807, 2.05) is 34.7 Å². The molecule has 4 aromatic rings. The molecule has 0 radical (unpaired) electrons. The first-order chi connectivity index (χ1) is 14.6. The minimum atomic E-state index is -0.592. The summed E-state index contributed by atoms with van der Waals surface area (Å²) in [4.78, 5) is 35.7. The van der Waals surface area contributed by atoms with Crippen LogP contribution in [-0.2, 0) is 0 Å². The van der Waals surface area contributed by atoms with E-state index < -0.39 is 5.91 Å². The van der Waals surface area contributed by atoms with Crippen molar-refractivity contribution in [3.63, 3.8) is 0 Å². The Morgan fingerprint density at radius 1 is 1.13 bits per heavy atom. The van der Waals surface area contributed by atoms with Crippen LogP contribution in [0.5, 0.6) is 0 Å². The number of nitrogen functional groups attached to an aromatic ring is 1. The first-order valence-electron chi connectivity index (χ1n) is 9.90. The summed E-state index contributed by atoms with van der Waals surface area (Å²) in [5, 5.41) is 0.408. The number of nitrogens with two attached hydrogens (primary N) is 1. The number of para-hydroxylation sites is 1. The zero-order valence-electron chi connectivity index (χ0n) is 16.6. The lowest BCUT2D eigenvalue weighted by Gasteiger charge is -2.22. The van der Waals surface area contributed by atoms with E-state index in [0.29, 0.717) is 15.9 Å². The molecule has 0 bridgehead atoms. The van der Waals surface area contributed by atoms with Crippen LogP contribution >= 0.6 is 11.3 Å². The molecule has 5 rings (SSSR count). The van der Waals surface area contributed by atoms with Crippen LogP contribution in [0.15, 0.2) is 41.2 Å². The summed E-state index contributed by atoms with van der Waals surface area (Å²) >= 11 is 1.39. The third kappa shape index (κ3) is 2.94. The average molecular weight is 423 g/mol. The molecule has 0 spiro atoms. The second-order valence-corrected chi connectivity index (χ2v) is 8.60. The van der Waals surface area contributed by atoms with E-state index in [1.54, 1.807) is 6.07 Å². The molecular weight excluding hydrogens is 400 g/mol. The van der Waals surface area contributed by atoms with Crippen LogP contribution in [0.1, 0.15) is 16.8 Å². The van der Waals surface area contributed by atoms with E-state index in [1.165, 1.54) is 11.3 Å². The minimum absolute atomic E-state index is 0.0529. The van der Waals surface area contributed by atoms with Crippen LogP contribution in [0, 0.1) is 0 Å². The Bertz CT molecular complexity index is 1340. The number of carbonyl (C=O) groups excluding carboxylic acids is 1. The van der Waals surface area contributed by atoms with Gasteiger partial charge < -0.3 is 9.80 Å². The smallest absolute Gasteiger partial charge is 0.272 e. The molecule has 154 valence electrons. The summed E-state index contributed by atoms with van der Waals surface area (Å²) in [5.74, 6) is 5.63. The largest absolute Gasteiger partial charge is 0.355 e. The Morgan fingerprint density at radius 3 is 2.80 bits per heavy atom. The number of fused-ring (bicyclic) bond motifs is 5. The van der Waals surface area contributed by atoms with Gasteiger partial charge in [-0.1, -0.05) is 12.1 Å². The average Bonchev–Trinajstić information content (AvgIpc) is 3.00. The number of pyridine rings is 2. The Kier molecular flexibility index (Phi) is 4.65. The number of hydrogen-bond donors (Lipinski definition) is 2. The summed E-state index contributed by atoms with van der Waals surface area (Å²) in [6, 6.07) is 11.5. The van der Waals surface area contributed by atoms with Crippen molar-refractivity contribution in [3.8, 4) is 0 Å². The van der Waals surface area contributed by atoms with Crippen molar-refractivity contribution >= 4 is 49.1 Å². The number of carbonyl (C=O) groups is 1. The molecule has 1 amide bonds. The highest BCUT2D eigenvalue weighted by molar-refractivity contribution is 7.24. The maximum absolute atomic E-state index is 13.2. The van der Waals surface area contributed by atoms with Gasteiger partial charge in [0.25, 0.3) is 5.91 Å². The van der Waals surface area contributed by atoms with Crippen LogP contribution in [0.25, 0.3) is 26.1 Å². The lowest BCUT2D eigenvalue weighted by atomic mass is 10.1. The topological polar surface area (TPSA) is 96.0 Å². The summed E-state index contributed by atoms with van der Waals surface area (Å²) < 4.78 is 2.88. The molecule has 3 aromatic heterocycles. The number of benzene rings is 1. The summed E-state index contributed by atoms with van der Waals surface area (Å²) in [5.41, 5.74) is 3.30. The normalized spacial score (nSPS) is 15.7. The van der Waals surface area contributed by atoms with Gasteiger partial charge in [0.1, 0.15) is 16.2 Å². The van der Waals surface area contributed by atoms with Gasteiger partial charge in [0, 0.05) is 19.6 Å². The molecule has 1 aliphatic rings. The number of nitrogens with one attached hydrogen (secondary N) is 1. The predicted octanol–water partition coefficient (Wildman–Crippen LogP) is 1.81. The van der Waals surface area contributed by atoms with Crippen LogP contribution in [-0.4, -0.2) is 53.4 Å². The van der Waals surface area contributed by atoms with Gasteiger partial charge in [-0.2, -0.15) is 0 Å². The monoisotopic (exact) mass is 422 g/mol. The predicted molar refractivity (Wildman–Crippen MR) is 120 cm³/mol. The maximum atomic E-state index is 13.2. The number of hydrogen-bond acceptors (Lipinski definition) is 7. The molecule has 1 aliphatic heterocycles. The number of aromatic nitrogens is 2. The minimum Gasteiger partial charge on any atom is -0.355 e. The second kappa shape index (κ2) is 7.35. The third-order valence-electron chi connectivity index (χ3n) is 5.68. The summed E-state index contributed by atoms with van der Waals surface area (Å²) in [6.07, 6.45) is 1.06. The Labute approximate surface area is 176 Å². The molecule has 3 N–H and O–H groups in total. The highest BCUT2D eigenvalue weighted by Gasteiger charge is 2.23. The molecular formula is C21H22N6O2S. The molecule has 0 aliphatic carbocycles. The van der Waals surface area contributed by atoms with Gasteiger partial charge in [-0.25, -0.2) is 10.8 Å². The van der Waals surface area contributed by atoms with Gasteiger partial charge >= 0.3 is 0 Å². The van der Waals surface area contributed by atoms with Crippen molar-refractivity contribution in [1.82, 2.24) is 19.7 Å². The van der Waals surface area contributed by atoms with E-state index in [4.69, 9.17) is 10.8 Å². The fourth-order valence-electron chi connectivity index (χ4n) is 4.10. The summed E-state index contributed by atoms with van der Waals surface area (Å²) in [7, 11) is 2.13. The SMILES string of the molecule is CN1CCCN(c2ccc3c(=O)c(C(=O)NN)c4sc5ccccc5n4c3n2)CC1. The molecule has 9 heteroatoms. The number of amides is 1. The van der Waals surface area contributed by atoms with E-state index in [-0.39, 0.29) is 11.0 Å². The standard InChI is InChI=1S/C21H22N6O2S/c1-25-9-4-10-26(12-11-25)16-8-7-13-18(28)17(20(29)24-22)21-27(19(13)23-16)14-5-2-3-6-15(14)30-21/h2-3,5-8H,4,9-12,22H2,1H3,(H,24,29). The maximum Gasteiger partial charge on any atom is 0.272 e. The van der Waals surface area contributed by atoms with Gasteiger partial charge in [-0.15, -0.1) is 11.3 Å². The van der Waals surface area contributed by atoms with Gasteiger partial charge in [0.2, 0.25) is 5.43 Å². The molecule has 0 saturated carbocycles. The first kappa shape index (κ1) is 19.0. The quantitative estimate of drug-likeness (QED) is 0.291. The zero-order chi connectivity index (χ0) is 20.8. The van der Waals surface area contributed by atoms with E-state index in [9.17, 15) is 9.59 Å². The van der Waals surface area contributed by atoms with Crippen molar-refractivity contribution in [2.45, 2.75) is 6.42 Å². The van der Waals surface area contributed by atoms with Gasteiger partial charge in [-0.05, 0) is 44.3 Å². The van der Waals surface area contributed by atoms with Gasteiger partial charge in [0.05, 0.1) is 15.6 Å². The van der Waals surface area contributed by atoms with E-state index in [2.05, 4.69) is 22.3 Å². The molecule has 30 heavy (non-hydrogen) atoms. The second-order valence-electron chi connectivity index (χ2n) is 7.57. The van der Waals surface area contributed by atoms with Crippen molar-refractivity contribution in [1.29, 1.82) is 0 Å².